The first-order valence-corrected chi connectivity index (χ1v) is 5.36. The second-order valence-electron chi connectivity index (χ2n) is 3.00. The summed E-state index contributed by atoms with van der Waals surface area (Å²) in [6, 6.07) is 0. The largest absolute Gasteiger partial charge is 0.296 e. The molecule has 0 aromatic carbocycles. The number of carbonyl (C=O) groups is 1. The van der Waals surface area contributed by atoms with Gasteiger partial charge in [0.1, 0.15) is 11.5 Å². The summed E-state index contributed by atoms with van der Waals surface area (Å²) in [6.07, 6.45) is 1.80. The van der Waals surface area contributed by atoms with E-state index in [1.54, 1.807) is 0 Å². The van der Waals surface area contributed by atoms with E-state index in [-0.39, 0.29) is 0 Å². The Bertz CT molecular complexity index is 352. The minimum absolute atomic E-state index is 0.578. The molecule has 0 aliphatic carbocycles. The van der Waals surface area contributed by atoms with Gasteiger partial charge in [-0.05, 0) is 19.1 Å². The van der Waals surface area contributed by atoms with Crippen LogP contribution in [0.3, 0.4) is 0 Å². The van der Waals surface area contributed by atoms with Gasteiger partial charge < -0.3 is 0 Å². The van der Waals surface area contributed by atoms with Crippen LogP contribution in [0, 0.1) is 6.92 Å². The molecule has 0 atom stereocenters. The molecule has 1 aromatic heterocycles. The molecule has 68 valence electrons. The summed E-state index contributed by atoms with van der Waals surface area (Å²) < 4.78 is 0. The molecule has 2 rings (SSSR count). The predicted octanol–water partition coefficient (Wildman–Crippen LogP) is 1.39. The van der Waals surface area contributed by atoms with Crippen molar-refractivity contribution >= 4 is 18.0 Å². The highest BCUT2D eigenvalue weighted by Crippen LogP contribution is 2.24. The van der Waals surface area contributed by atoms with Crippen LogP contribution in [0.25, 0.3) is 0 Å². The third-order valence-electron chi connectivity index (χ3n) is 2.08. The van der Waals surface area contributed by atoms with Crippen molar-refractivity contribution in [3.8, 4) is 0 Å². The highest BCUT2D eigenvalue weighted by Gasteiger charge is 2.16. The number of thioether (sulfide) groups is 1. The molecule has 0 N–H and O–H groups in total. The summed E-state index contributed by atoms with van der Waals surface area (Å²) >= 11 is 1.83. The van der Waals surface area contributed by atoms with Crippen molar-refractivity contribution < 1.29 is 4.79 Å². The van der Waals surface area contributed by atoms with Crippen molar-refractivity contribution in [2.75, 3.05) is 5.75 Å². The molecule has 0 unspecified atom stereocenters. The molecule has 0 radical (unpaired) electrons. The van der Waals surface area contributed by atoms with Crippen molar-refractivity contribution in [2.45, 2.75) is 19.1 Å². The van der Waals surface area contributed by atoms with Crippen molar-refractivity contribution in [3.63, 3.8) is 0 Å². The minimum atomic E-state index is 0.578. The molecule has 3 nitrogen and oxygen atoms in total. The van der Waals surface area contributed by atoms with E-state index in [2.05, 4.69) is 9.97 Å². The number of hydrogen-bond acceptors (Lipinski definition) is 4. The number of nitrogens with zero attached hydrogens (tertiary/aromatic N) is 2. The standard InChI is InChI=1S/C9H10N2OS/c1-6-10-8-2-3-13-5-7(8)9(4-12)11-6/h4H,2-3,5H2,1H3. The lowest BCUT2D eigenvalue weighted by molar-refractivity contribution is 0.111. The number of aromatic nitrogens is 2. The molecular weight excluding hydrogens is 184 g/mol. The van der Waals surface area contributed by atoms with Gasteiger partial charge in [0.25, 0.3) is 0 Å². The van der Waals surface area contributed by atoms with Gasteiger partial charge in [0.15, 0.2) is 6.29 Å². The maximum atomic E-state index is 10.7. The van der Waals surface area contributed by atoms with Gasteiger partial charge in [-0.25, -0.2) is 9.97 Å². The van der Waals surface area contributed by atoms with Crippen molar-refractivity contribution in [1.82, 2.24) is 9.97 Å². The van der Waals surface area contributed by atoms with E-state index in [0.29, 0.717) is 11.5 Å². The molecule has 1 aliphatic heterocycles. The Balaban J connectivity index is 2.56. The molecule has 2 heterocycles. The summed E-state index contributed by atoms with van der Waals surface area (Å²) in [5.41, 5.74) is 2.68. The van der Waals surface area contributed by atoms with Crippen LogP contribution in [0.15, 0.2) is 0 Å². The summed E-state index contributed by atoms with van der Waals surface area (Å²) in [7, 11) is 0. The Morgan fingerprint density at radius 2 is 2.31 bits per heavy atom. The second-order valence-corrected chi connectivity index (χ2v) is 4.11. The van der Waals surface area contributed by atoms with E-state index < -0.39 is 0 Å². The second kappa shape index (κ2) is 3.46. The molecule has 0 saturated heterocycles. The molecule has 0 amide bonds. The van der Waals surface area contributed by atoms with Gasteiger partial charge in [-0.1, -0.05) is 0 Å². The third kappa shape index (κ3) is 1.58. The lowest BCUT2D eigenvalue weighted by Crippen LogP contribution is -2.11. The fourth-order valence-corrected chi connectivity index (χ4v) is 2.48. The number of carbonyl (C=O) groups excluding carboxylic acids is 1. The van der Waals surface area contributed by atoms with Crippen LogP contribution >= 0.6 is 11.8 Å². The quantitative estimate of drug-likeness (QED) is 0.633. The van der Waals surface area contributed by atoms with Gasteiger partial charge in [0.05, 0.1) is 0 Å². The summed E-state index contributed by atoms with van der Waals surface area (Å²) in [6.45, 7) is 1.83. The molecule has 0 fully saturated rings. The Labute approximate surface area is 81.0 Å². The van der Waals surface area contributed by atoms with Crippen molar-refractivity contribution in [3.05, 3.63) is 22.8 Å². The summed E-state index contributed by atoms with van der Waals surface area (Å²) in [4.78, 5) is 19.2. The third-order valence-corrected chi connectivity index (χ3v) is 3.06. The molecule has 0 bridgehead atoms. The molecular formula is C9H10N2OS. The van der Waals surface area contributed by atoms with Crippen LogP contribution in [0.4, 0.5) is 0 Å². The number of hydrogen-bond donors (Lipinski definition) is 0. The fourth-order valence-electron chi connectivity index (χ4n) is 1.48. The first kappa shape index (κ1) is 8.69. The predicted molar refractivity (Wildman–Crippen MR) is 52.0 cm³/mol. The molecule has 4 heteroatoms. The van der Waals surface area contributed by atoms with E-state index in [1.165, 1.54) is 0 Å². The summed E-state index contributed by atoms with van der Waals surface area (Å²) in [5.74, 6) is 2.68. The smallest absolute Gasteiger partial charge is 0.168 e. The van der Waals surface area contributed by atoms with Gasteiger partial charge >= 0.3 is 0 Å². The molecule has 0 saturated carbocycles. The van der Waals surface area contributed by atoms with E-state index in [1.807, 2.05) is 18.7 Å². The van der Waals surface area contributed by atoms with Crippen molar-refractivity contribution in [1.29, 1.82) is 0 Å². The first-order valence-electron chi connectivity index (χ1n) is 4.20. The van der Waals surface area contributed by atoms with Crippen molar-refractivity contribution in [2.24, 2.45) is 0 Å². The first-order chi connectivity index (χ1) is 6.31. The van der Waals surface area contributed by atoms with Crippen LogP contribution in [0.1, 0.15) is 27.6 Å². The Hall–Kier alpha value is -0.900. The fraction of sp³-hybridized carbons (Fsp3) is 0.444. The molecule has 1 aliphatic rings. The normalized spacial score (nSPS) is 15.2. The number of fused-ring (bicyclic) bond motifs is 1. The SMILES string of the molecule is Cc1nc(C=O)c2c(n1)CCSC2. The van der Waals surface area contributed by atoms with Gasteiger partial charge in [-0.15, -0.1) is 0 Å². The number of rotatable bonds is 1. The topological polar surface area (TPSA) is 42.9 Å². The van der Waals surface area contributed by atoms with Crippen LogP contribution < -0.4 is 0 Å². The minimum Gasteiger partial charge on any atom is -0.296 e. The Kier molecular flexibility index (Phi) is 2.31. The van der Waals surface area contributed by atoms with Gasteiger partial charge in [-0.2, -0.15) is 11.8 Å². The van der Waals surface area contributed by atoms with Crippen LogP contribution in [-0.2, 0) is 12.2 Å². The Morgan fingerprint density at radius 1 is 1.46 bits per heavy atom. The van der Waals surface area contributed by atoms with Gasteiger partial charge in [0.2, 0.25) is 0 Å². The summed E-state index contributed by atoms with van der Waals surface area (Å²) in [5, 5.41) is 0. The van der Waals surface area contributed by atoms with Gasteiger partial charge in [-0.3, -0.25) is 4.79 Å². The number of aldehydes is 1. The zero-order valence-corrected chi connectivity index (χ0v) is 8.23. The lowest BCUT2D eigenvalue weighted by atomic mass is 10.1. The van der Waals surface area contributed by atoms with Crippen LogP contribution in [0.5, 0.6) is 0 Å². The maximum Gasteiger partial charge on any atom is 0.168 e. The Morgan fingerprint density at radius 3 is 3.08 bits per heavy atom. The van der Waals surface area contributed by atoms with E-state index in [9.17, 15) is 4.79 Å². The van der Waals surface area contributed by atoms with Crippen LogP contribution in [0.2, 0.25) is 0 Å². The van der Waals surface area contributed by atoms with E-state index >= 15 is 0 Å². The molecule has 1 aromatic rings. The zero-order chi connectivity index (χ0) is 9.26. The highest BCUT2D eigenvalue weighted by molar-refractivity contribution is 7.98. The van der Waals surface area contributed by atoms with E-state index in [4.69, 9.17) is 0 Å². The molecule has 0 spiro atoms. The monoisotopic (exact) mass is 194 g/mol. The maximum absolute atomic E-state index is 10.7. The van der Waals surface area contributed by atoms with Gasteiger partial charge in [0, 0.05) is 17.0 Å². The average Bonchev–Trinajstić information content (AvgIpc) is 2.16. The highest BCUT2D eigenvalue weighted by atomic mass is 32.2. The van der Waals surface area contributed by atoms with E-state index in [0.717, 1.165) is 35.5 Å². The van der Waals surface area contributed by atoms with Crippen LogP contribution in [-0.4, -0.2) is 22.0 Å². The average molecular weight is 194 g/mol. The zero-order valence-electron chi connectivity index (χ0n) is 7.41. The number of aryl methyl sites for hydroxylation is 2. The lowest BCUT2D eigenvalue weighted by Gasteiger charge is -2.15. The molecule has 13 heavy (non-hydrogen) atoms.